The highest BCUT2D eigenvalue weighted by Gasteiger charge is 2.12. The summed E-state index contributed by atoms with van der Waals surface area (Å²) < 4.78 is 11.8. The van der Waals surface area contributed by atoms with Crippen LogP contribution < -0.4 is 10.3 Å². The molecule has 134 valence electrons. The van der Waals surface area contributed by atoms with Gasteiger partial charge >= 0.3 is 5.97 Å². The maximum atomic E-state index is 12.0. The summed E-state index contributed by atoms with van der Waals surface area (Å²) in [5, 5.41) is 4.78. The van der Waals surface area contributed by atoms with Crippen molar-refractivity contribution in [2.45, 2.75) is 26.3 Å². The summed E-state index contributed by atoms with van der Waals surface area (Å²) in [6, 6.07) is 7.66. The van der Waals surface area contributed by atoms with Crippen molar-refractivity contribution in [1.82, 2.24) is 9.78 Å². The number of halogens is 2. The van der Waals surface area contributed by atoms with Crippen LogP contribution in [0.25, 0.3) is 0 Å². The van der Waals surface area contributed by atoms with Gasteiger partial charge in [0.15, 0.2) is 11.4 Å². The Kier molecular flexibility index (Phi) is 7.28. The van der Waals surface area contributed by atoms with E-state index in [1.165, 1.54) is 16.8 Å². The Morgan fingerprint density at radius 3 is 2.56 bits per heavy atom. The fraction of sp³-hybridized carbons (Fsp3) is 0.353. The van der Waals surface area contributed by atoms with E-state index in [2.05, 4.69) is 5.10 Å². The first-order chi connectivity index (χ1) is 12.0. The zero-order valence-corrected chi connectivity index (χ0v) is 15.2. The van der Waals surface area contributed by atoms with Gasteiger partial charge < -0.3 is 9.47 Å². The number of hydrogen-bond acceptors (Lipinski definition) is 5. The number of nitrogens with zero attached hydrogens (tertiary/aromatic N) is 2. The summed E-state index contributed by atoms with van der Waals surface area (Å²) in [7, 11) is 0. The molecule has 1 aromatic heterocycles. The van der Waals surface area contributed by atoms with Crippen LogP contribution in [0, 0.1) is 0 Å². The molecule has 0 saturated carbocycles. The SMILES string of the molecule is CCCCn1nc(C(=O)OCCOc2c(Cl)cccc2Cl)ccc1=O. The van der Waals surface area contributed by atoms with Gasteiger partial charge in [-0.3, -0.25) is 4.79 Å². The molecule has 0 bridgehead atoms. The molecule has 6 nitrogen and oxygen atoms in total. The van der Waals surface area contributed by atoms with Crippen molar-refractivity contribution in [3.8, 4) is 5.75 Å². The lowest BCUT2D eigenvalue weighted by Gasteiger charge is -2.10. The minimum Gasteiger partial charge on any atom is -0.487 e. The van der Waals surface area contributed by atoms with Crippen molar-refractivity contribution in [3.05, 3.63) is 56.4 Å². The summed E-state index contributed by atoms with van der Waals surface area (Å²) in [6.45, 7) is 2.56. The van der Waals surface area contributed by atoms with Gasteiger partial charge in [0.1, 0.15) is 13.2 Å². The van der Waals surface area contributed by atoms with Crippen molar-refractivity contribution in [1.29, 1.82) is 0 Å². The molecular formula is C17H18Cl2N2O4. The lowest BCUT2D eigenvalue weighted by Crippen LogP contribution is -2.25. The first-order valence-electron chi connectivity index (χ1n) is 7.85. The number of esters is 1. The number of para-hydroxylation sites is 1. The van der Waals surface area contributed by atoms with Crippen LogP contribution in [0.1, 0.15) is 30.3 Å². The molecule has 0 radical (unpaired) electrons. The van der Waals surface area contributed by atoms with Crippen LogP contribution in [-0.4, -0.2) is 29.0 Å². The third-order valence-corrected chi connectivity index (χ3v) is 3.88. The smallest absolute Gasteiger partial charge is 0.358 e. The normalized spacial score (nSPS) is 10.5. The van der Waals surface area contributed by atoms with Crippen molar-refractivity contribution >= 4 is 29.2 Å². The number of aromatic nitrogens is 2. The van der Waals surface area contributed by atoms with E-state index >= 15 is 0 Å². The first kappa shape index (κ1) is 19.3. The average molecular weight is 385 g/mol. The van der Waals surface area contributed by atoms with Crippen molar-refractivity contribution in [2.24, 2.45) is 0 Å². The zero-order valence-electron chi connectivity index (χ0n) is 13.7. The number of benzene rings is 1. The lowest BCUT2D eigenvalue weighted by atomic mass is 10.3. The molecule has 25 heavy (non-hydrogen) atoms. The summed E-state index contributed by atoms with van der Waals surface area (Å²) in [4.78, 5) is 23.7. The number of ether oxygens (including phenoxy) is 2. The van der Waals surface area contributed by atoms with Crippen LogP contribution in [0.15, 0.2) is 35.1 Å². The van der Waals surface area contributed by atoms with Crippen molar-refractivity contribution < 1.29 is 14.3 Å². The third kappa shape index (κ3) is 5.47. The van der Waals surface area contributed by atoms with E-state index in [1.807, 2.05) is 6.92 Å². The Morgan fingerprint density at radius 1 is 1.16 bits per heavy atom. The first-order valence-corrected chi connectivity index (χ1v) is 8.60. The Hall–Kier alpha value is -2.05. The third-order valence-electron chi connectivity index (χ3n) is 3.28. The quantitative estimate of drug-likeness (QED) is 0.513. The van der Waals surface area contributed by atoms with Crippen LogP contribution in [0.3, 0.4) is 0 Å². The molecule has 0 atom stereocenters. The van der Waals surface area contributed by atoms with Crippen LogP contribution >= 0.6 is 23.2 Å². The molecular weight excluding hydrogens is 367 g/mol. The summed E-state index contributed by atoms with van der Waals surface area (Å²) >= 11 is 12.0. The van der Waals surface area contributed by atoms with Crippen LogP contribution in [0.2, 0.25) is 10.0 Å². The molecule has 0 fully saturated rings. The predicted octanol–water partition coefficient (Wildman–Crippen LogP) is 3.59. The van der Waals surface area contributed by atoms with Gasteiger partial charge in [-0.05, 0) is 24.6 Å². The Morgan fingerprint density at radius 2 is 1.88 bits per heavy atom. The Labute approximate surface area is 155 Å². The highest BCUT2D eigenvalue weighted by atomic mass is 35.5. The molecule has 2 rings (SSSR count). The Balaban J connectivity index is 1.89. The molecule has 0 N–H and O–H groups in total. The topological polar surface area (TPSA) is 70.4 Å². The standard InChI is InChI=1S/C17H18Cl2N2O4/c1-2-3-9-21-15(22)8-7-14(20-21)17(23)25-11-10-24-16-12(18)5-4-6-13(16)19/h4-8H,2-3,9-11H2,1H3. The molecule has 0 aliphatic heterocycles. The summed E-state index contributed by atoms with van der Waals surface area (Å²) in [6.07, 6.45) is 1.72. The number of carbonyl (C=O) groups is 1. The van der Waals surface area contributed by atoms with E-state index in [9.17, 15) is 9.59 Å². The van der Waals surface area contributed by atoms with Gasteiger partial charge in [-0.1, -0.05) is 42.6 Å². The molecule has 0 unspecified atom stereocenters. The number of carbonyl (C=O) groups excluding carboxylic acids is 1. The molecule has 1 aromatic carbocycles. The molecule has 2 aromatic rings. The number of unbranched alkanes of at least 4 members (excludes halogenated alkanes) is 1. The predicted molar refractivity (Wildman–Crippen MR) is 95.6 cm³/mol. The Bertz CT molecular complexity index is 772. The fourth-order valence-electron chi connectivity index (χ4n) is 2.00. The molecule has 0 amide bonds. The van der Waals surface area contributed by atoms with Gasteiger partial charge in [-0.15, -0.1) is 0 Å². The summed E-state index contributed by atoms with van der Waals surface area (Å²) in [5.41, 5.74) is -0.173. The van der Waals surface area contributed by atoms with Crippen molar-refractivity contribution in [3.63, 3.8) is 0 Å². The molecule has 8 heteroatoms. The highest BCUT2D eigenvalue weighted by Crippen LogP contribution is 2.32. The zero-order chi connectivity index (χ0) is 18.2. The van der Waals surface area contributed by atoms with Gasteiger partial charge in [0.2, 0.25) is 0 Å². The molecule has 0 spiro atoms. The molecule has 0 saturated heterocycles. The molecule has 0 aliphatic rings. The minimum atomic E-state index is -0.626. The van der Waals surface area contributed by atoms with E-state index in [4.69, 9.17) is 32.7 Å². The second-order valence-corrected chi connectivity index (χ2v) is 5.98. The van der Waals surface area contributed by atoms with Crippen LogP contribution in [0.4, 0.5) is 0 Å². The number of rotatable bonds is 8. The van der Waals surface area contributed by atoms with E-state index in [0.717, 1.165) is 12.8 Å². The van der Waals surface area contributed by atoms with E-state index in [1.54, 1.807) is 18.2 Å². The van der Waals surface area contributed by atoms with Gasteiger partial charge in [0.25, 0.3) is 5.56 Å². The number of hydrogen-bond donors (Lipinski definition) is 0. The van der Waals surface area contributed by atoms with E-state index in [-0.39, 0.29) is 24.5 Å². The molecule has 0 aliphatic carbocycles. The maximum absolute atomic E-state index is 12.0. The minimum absolute atomic E-state index is 0.00382. The monoisotopic (exact) mass is 384 g/mol. The van der Waals surface area contributed by atoms with E-state index < -0.39 is 5.97 Å². The second-order valence-electron chi connectivity index (χ2n) is 5.17. The van der Waals surface area contributed by atoms with Crippen LogP contribution in [-0.2, 0) is 11.3 Å². The second kappa shape index (κ2) is 9.44. The van der Waals surface area contributed by atoms with Gasteiger partial charge in [-0.2, -0.15) is 5.10 Å². The fourth-order valence-corrected chi connectivity index (χ4v) is 2.50. The van der Waals surface area contributed by atoms with Crippen LogP contribution in [0.5, 0.6) is 5.75 Å². The van der Waals surface area contributed by atoms with Gasteiger partial charge in [0.05, 0.1) is 10.0 Å². The average Bonchev–Trinajstić information content (AvgIpc) is 2.59. The number of aryl methyl sites for hydroxylation is 1. The van der Waals surface area contributed by atoms with E-state index in [0.29, 0.717) is 22.3 Å². The summed E-state index contributed by atoms with van der Waals surface area (Å²) in [5.74, 6) is -0.285. The maximum Gasteiger partial charge on any atom is 0.358 e. The van der Waals surface area contributed by atoms with Gasteiger partial charge in [-0.25, -0.2) is 9.48 Å². The highest BCUT2D eigenvalue weighted by molar-refractivity contribution is 6.37. The van der Waals surface area contributed by atoms with Crippen molar-refractivity contribution in [2.75, 3.05) is 13.2 Å². The largest absolute Gasteiger partial charge is 0.487 e. The molecule has 1 heterocycles. The lowest BCUT2D eigenvalue weighted by molar-refractivity contribution is 0.0440. The van der Waals surface area contributed by atoms with Gasteiger partial charge in [0, 0.05) is 12.6 Å².